The second-order valence-corrected chi connectivity index (χ2v) is 7.19. The molecule has 1 fully saturated rings. The number of carbonyl (C=O) groups is 2. The lowest BCUT2D eigenvalue weighted by Gasteiger charge is -2.16. The average Bonchev–Trinajstić information content (AvgIpc) is 3.05. The second kappa shape index (κ2) is 5.71. The van der Waals surface area contributed by atoms with Gasteiger partial charge in [0.2, 0.25) is 6.17 Å². The number of hydrogen-bond acceptors (Lipinski definition) is 4. The summed E-state index contributed by atoms with van der Waals surface area (Å²) in [6, 6.07) is 0. The van der Waals surface area contributed by atoms with Gasteiger partial charge in [0.25, 0.3) is 5.91 Å². The number of halogens is 1. The molecule has 5 nitrogen and oxygen atoms in total. The third-order valence-electron chi connectivity index (χ3n) is 3.53. The standard InChI is InChI=1S/C14H19FN2O3S/c1-14(2,3)13-16-9(7-21-13)11(18)17-5-4-8(6-17)10(15)12(19)20/h7-8,10H,4-6H2,1-3H3,(H,19,20). The number of aliphatic carboxylic acids is 1. The van der Waals surface area contributed by atoms with Crippen molar-refractivity contribution in [3.05, 3.63) is 16.1 Å². The van der Waals surface area contributed by atoms with Crippen LogP contribution in [0.1, 0.15) is 42.7 Å². The van der Waals surface area contributed by atoms with Crippen molar-refractivity contribution in [2.75, 3.05) is 13.1 Å². The minimum atomic E-state index is -1.91. The van der Waals surface area contributed by atoms with Crippen LogP contribution in [-0.2, 0) is 10.2 Å². The van der Waals surface area contributed by atoms with E-state index in [9.17, 15) is 14.0 Å². The third-order valence-corrected chi connectivity index (χ3v) is 4.79. The van der Waals surface area contributed by atoms with Gasteiger partial charge in [-0.3, -0.25) is 4.79 Å². The summed E-state index contributed by atoms with van der Waals surface area (Å²) in [5, 5.41) is 11.3. The van der Waals surface area contributed by atoms with E-state index >= 15 is 0 Å². The summed E-state index contributed by atoms with van der Waals surface area (Å²) >= 11 is 1.43. The molecule has 2 atom stereocenters. The van der Waals surface area contributed by atoms with Gasteiger partial charge in [-0.05, 0) is 6.42 Å². The average molecular weight is 314 g/mol. The Kier molecular flexibility index (Phi) is 4.32. The van der Waals surface area contributed by atoms with E-state index in [-0.39, 0.29) is 17.9 Å². The van der Waals surface area contributed by atoms with E-state index in [1.54, 1.807) is 5.38 Å². The van der Waals surface area contributed by atoms with Crippen LogP contribution < -0.4 is 0 Å². The maximum Gasteiger partial charge on any atom is 0.338 e. The monoisotopic (exact) mass is 314 g/mol. The van der Waals surface area contributed by atoms with Gasteiger partial charge in [0.1, 0.15) is 5.69 Å². The number of aromatic nitrogens is 1. The number of likely N-dealkylation sites (tertiary alicyclic amines) is 1. The molecule has 7 heteroatoms. The highest BCUT2D eigenvalue weighted by atomic mass is 32.1. The Hall–Kier alpha value is -1.50. The summed E-state index contributed by atoms with van der Waals surface area (Å²) < 4.78 is 13.5. The topological polar surface area (TPSA) is 70.5 Å². The molecule has 0 saturated carbocycles. The highest BCUT2D eigenvalue weighted by molar-refractivity contribution is 7.10. The third kappa shape index (κ3) is 3.40. The first-order chi connectivity index (χ1) is 9.70. The Balaban J connectivity index is 2.05. The number of thiazole rings is 1. The predicted octanol–water partition coefficient (Wildman–Crippen LogP) is 2.33. The van der Waals surface area contributed by atoms with E-state index in [0.29, 0.717) is 18.7 Å². The zero-order chi connectivity index (χ0) is 15.8. The summed E-state index contributed by atoms with van der Waals surface area (Å²) in [5.74, 6) is -2.34. The molecule has 2 rings (SSSR count). The van der Waals surface area contributed by atoms with Crippen LogP contribution in [0.2, 0.25) is 0 Å². The van der Waals surface area contributed by atoms with E-state index in [2.05, 4.69) is 4.98 Å². The Morgan fingerprint density at radius 3 is 2.71 bits per heavy atom. The number of amides is 1. The van der Waals surface area contributed by atoms with Crippen LogP contribution in [0.3, 0.4) is 0 Å². The zero-order valence-electron chi connectivity index (χ0n) is 12.3. The quantitative estimate of drug-likeness (QED) is 0.929. The maximum atomic E-state index is 13.5. The van der Waals surface area contributed by atoms with Crippen molar-refractivity contribution in [1.29, 1.82) is 0 Å². The first kappa shape index (κ1) is 15.9. The summed E-state index contributed by atoms with van der Waals surface area (Å²) in [6.07, 6.45) is -1.54. The predicted molar refractivity (Wildman–Crippen MR) is 77.4 cm³/mol. The van der Waals surface area contributed by atoms with Gasteiger partial charge < -0.3 is 10.0 Å². The molecule has 1 amide bonds. The van der Waals surface area contributed by atoms with Gasteiger partial charge >= 0.3 is 5.97 Å². The fourth-order valence-corrected chi connectivity index (χ4v) is 3.17. The number of rotatable bonds is 3. The molecule has 1 saturated heterocycles. The molecule has 21 heavy (non-hydrogen) atoms. The van der Waals surface area contributed by atoms with Crippen molar-refractivity contribution in [2.24, 2.45) is 5.92 Å². The molecule has 1 aromatic heterocycles. The Bertz CT molecular complexity index is 553. The van der Waals surface area contributed by atoms with Gasteiger partial charge in [-0.1, -0.05) is 20.8 Å². The van der Waals surface area contributed by atoms with Crippen LogP contribution in [0.4, 0.5) is 4.39 Å². The first-order valence-electron chi connectivity index (χ1n) is 6.82. The summed E-state index contributed by atoms with van der Waals surface area (Å²) in [4.78, 5) is 28.8. The van der Waals surface area contributed by atoms with Gasteiger partial charge in [0.05, 0.1) is 5.01 Å². The molecule has 0 radical (unpaired) electrons. The van der Waals surface area contributed by atoms with Crippen LogP contribution in [0.5, 0.6) is 0 Å². The highest BCUT2D eigenvalue weighted by Crippen LogP contribution is 2.28. The molecule has 0 bridgehead atoms. The Morgan fingerprint density at radius 1 is 1.52 bits per heavy atom. The minimum absolute atomic E-state index is 0.121. The largest absolute Gasteiger partial charge is 0.479 e. The highest BCUT2D eigenvalue weighted by Gasteiger charge is 2.36. The van der Waals surface area contributed by atoms with Gasteiger partial charge in [-0.2, -0.15) is 0 Å². The van der Waals surface area contributed by atoms with Crippen molar-refractivity contribution in [3.63, 3.8) is 0 Å². The smallest absolute Gasteiger partial charge is 0.338 e. The molecule has 2 unspecified atom stereocenters. The molecule has 1 aliphatic heterocycles. The van der Waals surface area contributed by atoms with Crippen LogP contribution in [0, 0.1) is 5.92 Å². The number of carboxylic acid groups (broad SMARTS) is 1. The normalized spacial score (nSPS) is 20.6. The fourth-order valence-electron chi connectivity index (χ4n) is 2.29. The van der Waals surface area contributed by atoms with Gasteiger partial charge in [-0.15, -0.1) is 11.3 Å². The molecular weight excluding hydrogens is 295 g/mol. The van der Waals surface area contributed by atoms with Crippen molar-refractivity contribution in [3.8, 4) is 0 Å². The lowest BCUT2D eigenvalue weighted by Crippen LogP contribution is -2.32. The molecule has 116 valence electrons. The lowest BCUT2D eigenvalue weighted by molar-refractivity contribution is -0.144. The van der Waals surface area contributed by atoms with E-state index in [4.69, 9.17) is 5.11 Å². The SMILES string of the molecule is CC(C)(C)c1nc(C(=O)N2CCC(C(F)C(=O)O)C2)cs1. The number of carboxylic acids is 1. The molecule has 1 aliphatic rings. The lowest BCUT2D eigenvalue weighted by atomic mass is 9.98. The first-order valence-corrected chi connectivity index (χ1v) is 7.70. The second-order valence-electron chi connectivity index (χ2n) is 6.33. The zero-order valence-corrected chi connectivity index (χ0v) is 13.1. The van der Waals surface area contributed by atoms with Crippen LogP contribution >= 0.6 is 11.3 Å². The van der Waals surface area contributed by atoms with Crippen molar-refractivity contribution < 1.29 is 19.1 Å². The number of nitrogens with zero attached hydrogens (tertiary/aromatic N) is 2. The van der Waals surface area contributed by atoms with Gasteiger partial charge in [0, 0.05) is 29.8 Å². The van der Waals surface area contributed by atoms with Crippen molar-refractivity contribution >= 4 is 23.2 Å². The van der Waals surface area contributed by atoms with Crippen LogP contribution in [0.15, 0.2) is 5.38 Å². The minimum Gasteiger partial charge on any atom is -0.479 e. The molecular formula is C14H19FN2O3S. The van der Waals surface area contributed by atoms with E-state index in [0.717, 1.165) is 5.01 Å². The Labute approximate surface area is 126 Å². The molecule has 1 aromatic rings. The number of alkyl halides is 1. The van der Waals surface area contributed by atoms with Gasteiger partial charge in [-0.25, -0.2) is 14.2 Å². The maximum absolute atomic E-state index is 13.5. The number of carbonyl (C=O) groups excluding carboxylic acids is 1. The molecule has 1 N–H and O–H groups in total. The molecule has 0 aromatic carbocycles. The Morgan fingerprint density at radius 2 is 2.19 bits per heavy atom. The van der Waals surface area contributed by atoms with E-state index in [1.165, 1.54) is 16.2 Å². The summed E-state index contributed by atoms with van der Waals surface area (Å²) in [5.41, 5.74) is 0.237. The van der Waals surface area contributed by atoms with Gasteiger partial charge in [0.15, 0.2) is 0 Å². The van der Waals surface area contributed by atoms with E-state index < -0.39 is 18.1 Å². The number of hydrogen-bond donors (Lipinski definition) is 1. The van der Waals surface area contributed by atoms with Crippen LogP contribution in [-0.4, -0.2) is 46.1 Å². The van der Waals surface area contributed by atoms with E-state index in [1.807, 2.05) is 20.8 Å². The molecule has 0 spiro atoms. The fraction of sp³-hybridized carbons (Fsp3) is 0.643. The van der Waals surface area contributed by atoms with Crippen molar-refractivity contribution in [2.45, 2.75) is 38.8 Å². The molecule has 2 heterocycles. The summed E-state index contributed by atoms with van der Waals surface area (Å²) in [6.45, 7) is 6.57. The van der Waals surface area contributed by atoms with Crippen molar-refractivity contribution in [1.82, 2.24) is 9.88 Å². The molecule has 0 aliphatic carbocycles. The van der Waals surface area contributed by atoms with Crippen LogP contribution in [0.25, 0.3) is 0 Å². The summed E-state index contributed by atoms with van der Waals surface area (Å²) in [7, 11) is 0.